The summed E-state index contributed by atoms with van der Waals surface area (Å²) in [4.78, 5) is 12.2. The SMILES string of the molecule is CCOC(=O)CC(c1cccc(COc2ccc(-c3cc(OC)ccc3F)c(C(F)CC(C)(C)C)c2)c1)C1CC1. The fourth-order valence-corrected chi connectivity index (χ4v) is 5.16. The Morgan fingerprint density at radius 1 is 1.00 bits per heavy atom. The number of rotatable bonds is 12. The molecule has 1 fully saturated rings. The van der Waals surface area contributed by atoms with Crippen LogP contribution < -0.4 is 9.47 Å². The molecule has 2 unspecified atom stereocenters. The number of methoxy groups -OCH3 is 1. The third-order valence-electron chi connectivity index (χ3n) is 7.28. The van der Waals surface area contributed by atoms with Crippen LogP contribution in [-0.2, 0) is 16.1 Å². The van der Waals surface area contributed by atoms with Crippen LogP contribution in [0.2, 0.25) is 0 Å². The van der Waals surface area contributed by atoms with Crippen LogP contribution in [0.25, 0.3) is 11.1 Å². The maximum atomic E-state index is 15.8. The summed E-state index contributed by atoms with van der Waals surface area (Å²) in [7, 11) is 1.52. The Balaban J connectivity index is 1.58. The van der Waals surface area contributed by atoms with E-state index in [9.17, 15) is 9.18 Å². The fraction of sp³-hybridized carbons (Fsp3) is 0.441. The van der Waals surface area contributed by atoms with Gasteiger partial charge in [0.25, 0.3) is 0 Å². The van der Waals surface area contributed by atoms with Crippen LogP contribution in [0, 0.1) is 17.2 Å². The Morgan fingerprint density at radius 3 is 2.42 bits per heavy atom. The lowest BCUT2D eigenvalue weighted by molar-refractivity contribution is -0.143. The van der Waals surface area contributed by atoms with Gasteiger partial charge in [-0.1, -0.05) is 51.1 Å². The average molecular weight is 551 g/mol. The predicted octanol–water partition coefficient (Wildman–Crippen LogP) is 8.97. The first-order valence-corrected chi connectivity index (χ1v) is 14.1. The van der Waals surface area contributed by atoms with Crippen molar-refractivity contribution in [2.45, 2.75) is 72.1 Å². The Hall–Kier alpha value is -3.41. The zero-order valence-electron chi connectivity index (χ0n) is 24.1. The van der Waals surface area contributed by atoms with Crippen molar-refractivity contribution >= 4 is 5.97 Å². The minimum absolute atomic E-state index is 0.132. The topological polar surface area (TPSA) is 44.8 Å². The van der Waals surface area contributed by atoms with Gasteiger partial charge in [-0.2, -0.15) is 0 Å². The van der Waals surface area contributed by atoms with Gasteiger partial charge in [0.1, 0.15) is 30.1 Å². The summed E-state index contributed by atoms with van der Waals surface area (Å²) in [5.41, 5.74) is 2.96. The smallest absolute Gasteiger partial charge is 0.306 e. The second-order valence-corrected chi connectivity index (χ2v) is 11.8. The van der Waals surface area contributed by atoms with E-state index in [1.165, 1.54) is 13.2 Å². The van der Waals surface area contributed by atoms with E-state index in [2.05, 4.69) is 12.1 Å². The number of esters is 1. The molecule has 0 N–H and O–H groups in total. The molecule has 0 heterocycles. The zero-order valence-corrected chi connectivity index (χ0v) is 24.1. The number of ether oxygens (including phenoxy) is 3. The van der Waals surface area contributed by atoms with Crippen molar-refractivity contribution in [3.8, 4) is 22.6 Å². The lowest BCUT2D eigenvalue weighted by Gasteiger charge is -2.23. The second kappa shape index (κ2) is 12.8. The largest absolute Gasteiger partial charge is 0.497 e. The number of carbonyl (C=O) groups is 1. The monoisotopic (exact) mass is 550 g/mol. The first-order chi connectivity index (χ1) is 19.1. The van der Waals surface area contributed by atoms with Gasteiger partial charge in [0.2, 0.25) is 0 Å². The minimum atomic E-state index is -1.31. The average Bonchev–Trinajstić information content (AvgIpc) is 3.76. The molecule has 1 aliphatic rings. The number of carbonyl (C=O) groups excluding carboxylic acids is 1. The van der Waals surface area contributed by atoms with Gasteiger partial charge in [-0.05, 0) is 96.0 Å². The molecule has 0 amide bonds. The molecule has 0 radical (unpaired) electrons. The molecule has 6 heteroatoms. The normalized spacial score (nSPS) is 14.9. The summed E-state index contributed by atoms with van der Waals surface area (Å²) >= 11 is 0. The van der Waals surface area contributed by atoms with E-state index in [1.807, 2.05) is 39.8 Å². The minimum Gasteiger partial charge on any atom is -0.497 e. The molecule has 3 aromatic carbocycles. The molecular formula is C34H40F2O4. The lowest BCUT2D eigenvalue weighted by atomic mass is 9.85. The van der Waals surface area contributed by atoms with Gasteiger partial charge in [0.15, 0.2) is 0 Å². The molecule has 4 nitrogen and oxygen atoms in total. The summed E-state index contributed by atoms with van der Waals surface area (Å²) in [5, 5.41) is 0. The summed E-state index contributed by atoms with van der Waals surface area (Å²) in [6.07, 6.45) is 1.58. The van der Waals surface area contributed by atoms with Crippen molar-refractivity contribution in [3.63, 3.8) is 0 Å². The highest BCUT2D eigenvalue weighted by Gasteiger charge is 2.34. The molecule has 40 heavy (non-hydrogen) atoms. The summed E-state index contributed by atoms with van der Waals surface area (Å²) < 4.78 is 47.3. The molecule has 0 saturated heterocycles. The molecule has 2 atom stereocenters. The molecule has 1 aliphatic carbocycles. The number of hydrogen-bond donors (Lipinski definition) is 0. The molecule has 3 aromatic rings. The Bertz CT molecular complexity index is 1310. The van der Waals surface area contributed by atoms with Crippen LogP contribution >= 0.6 is 0 Å². The van der Waals surface area contributed by atoms with Crippen molar-refractivity contribution in [1.29, 1.82) is 0 Å². The molecule has 214 valence electrons. The van der Waals surface area contributed by atoms with Gasteiger partial charge in [-0.3, -0.25) is 4.79 Å². The molecular weight excluding hydrogens is 510 g/mol. The molecule has 1 saturated carbocycles. The number of halogens is 2. The van der Waals surface area contributed by atoms with Crippen molar-refractivity contribution in [2.75, 3.05) is 13.7 Å². The van der Waals surface area contributed by atoms with Crippen LogP contribution in [-0.4, -0.2) is 19.7 Å². The quantitative estimate of drug-likeness (QED) is 0.211. The van der Waals surface area contributed by atoms with E-state index < -0.39 is 12.0 Å². The van der Waals surface area contributed by atoms with E-state index in [0.717, 1.165) is 24.0 Å². The van der Waals surface area contributed by atoms with Gasteiger partial charge in [0.05, 0.1) is 20.1 Å². The lowest BCUT2D eigenvalue weighted by Crippen LogP contribution is -2.12. The molecule has 4 rings (SSSR count). The van der Waals surface area contributed by atoms with Crippen LogP contribution in [0.1, 0.15) is 82.2 Å². The van der Waals surface area contributed by atoms with Gasteiger partial charge >= 0.3 is 5.97 Å². The zero-order chi connectivity index (χ0) is 28.9. The molecule has 0 aromatic heterocycles. The van der Waals surface area contributed by atoms with E-state index in [-0.39, 0.29) is 35.9 Å². The van der Waals surface area contributed by atoms with E-state index in [1.54, 1.807) is 30.3 Å². The first kappa shape index (κ1) is 29.6. The predicted molar refractivity (Wildman–Crippen MR) is 154 cm³/mol. The van der Waals surface area contributed by atoms with Gasteiger partial charge in [0, 0.05) is 5.56 Å². The standard InChI is InChI=1S/C34H40F2O4/c1-6-39-33(37)19-28(23-10-11-23)24-9-7-8-22(16-24)21-40-26-12-14-27(29-17-25(38-5)13-15-31(29)35)30(18-26)32(36)20-34(2,3)4/h7-9,12-18,23,28,32H,6,10-11,19-21H2,1-5H3. The number of benzene rings is 3. The molecule has 0 bridgehead atoms. The van der Waals surface area contributed by atoms with Crippen LogP contribution in [0.5, 0.6) is 11.5 Å². The van der Waals surface area contributed by atoms with Gasteiger partial charge in [-0.15, -0.1) is 0 Å². The summed E-state index contributed by atoms with van der Waals surface area (Å²) in [5.74, 6) is 1.03. The maximum Gasteiger partial charge on any atom is 0.306 e. The second-order valence-electron chi connectivity index (χ2n) is 11.8. The van der Waals surface area contributed by atoms with Crippen LogP contribution in [0.15, 0.2) is 60.7 Å². The van der Waals surface area contributed by atoms with E-state index >= 15 is 4.39 Å². The summed E-state index contributed by atoms with van der Waals surface area (Å²) in [6.45, 7) is 8.43. The fourth-order valence-electron chi connectivity index (χ4n) is 5.16. The van der Waals surface area contributed by atoms with Gasteiger partial charge in [-0.25, -0.2) is 8.78 Å². The van der Waals surface area contributed by atoms with Gasteiger partial charge < -0.3 is 14.2 Å². The third-order valence-corrected chi connectivity index (χ3v) is 7.28. The maximum absolute atomic E-state index is 15.8. The Morgan fingerprint density at radius 2 is 1.75 bits per heavy atom. The first-order valence-electron chi connectivity index (χ1n) is 14.1. The highest BCUT2D eigenvalue weighted by atomic mass is 19.1. The highest BCUT2D eigenvalue weighted by molar-refractivity contribution is 5.71. The van der Waals surface area contributed by atoms with Crippen molar-refractivity contribution in [3.05, 3.63) is 83.2 Å². The van der Waals surface area contributed by atoms with Crippen molar-refractivity contribution in [1.82, 2.24) is 0 Å². The number of hydrogen-bond acceptors (Lipinski definition) is 4. The third kappa shape index (κ3) is 7.83. The Labute approximate surface area is 236 Å². The highest BCUT2D eigenvalue weighted by Crippen LogP contribution is 2.45. The van der Waals surface area contributed by atoms with Crippen LogP contribution in [0.4, 0.5) is 8.78 Å². The van der Waals surface area contributed by atoms with E-state index in [0.29, 0.717) is 41.6 Å². The van der Waals surface area contributed by atoms with Crippen LogP contribution in [0.3, 0.4) is 0 Å². The van der Waals surface area contributed by atoms with Crippen molar-refractivity contribution in [2.24, 2.45) is 11.3 Å². The van der Waals surface area contributed by atoms with E-state index in [4.69, 9.17) is 14.2 Å². The molecule has 0 aliphatic heterocycles. The summed E-state index contributed by atoms with van der Waals surface area (Å²) in [6, 6.07) is 17.7. The van der Waals surface area contributed by atoms with Crippen molar-refractivity contribution < 1.29 is 27.8 Å². The number of alkyl halides is 1. The Kier molecular flexibility index (Phi) is 9.49. The molecule has 0 spiro atoms.